The van der Waals surface area contributed by atoms with Crippen LogP contribution in [0.2, 0.25) is 0 Å². The summed E-state index contributed by atoms with van der Waals surface area (Å²) in [6.45, 7) is 23.3. The smallest absolute Gasteiger partial charge is 0.328 e. The van der Waals surface area contributed by atoms with Crippen molar-refractivity contribution >= 4 is 11.9 Å². The number of aliphatic hydroxyl groups is 1. The number of hydrogen-bond donors (Lipinski definition) is 2. The molecule has 5 rings (SSSR count). The Bertz CT molecular complexity index is 1100. The van der Waals surface area contributed by atoms with E-state index in [9.17, 15) is 14.7 Å². The minimum Gasteiger partial charge on any atom is -0.467 e. The number of aliphatic hydroxyl groups excluding tert-OH is 1. The fraction of sp³-hybridized carbons (Fsp3) is 0.892. The van der Waals surface area contributed by atoms with Gasteiger partial charge >= 0.3 is 5.97 Å². The first-order valence-electron chi connectivity index (χ1n) is 17.2. The third kappa shape index (κ3) is 4.39. The lowest BCUT2D eigenvalue weighted by Crippen LogP contribution is -2.67. The number of hydrogen-bond acceptors (Lipinski definition) is 4. The van der Waals surface area contributed by atoms with Crippen LogP contribution in [0.25, 0.3) is 0 Å². The standard InChI is InChI=1S/C37H61NO4/c1-22(2)21-26(31(40)42-10)38-32(41)37-18-13-24(23(3)4)30(37)25-11-12-28-34(7)16-15-29(39)33(5,6)27(34)14-17-36(28,9)35(25,8)19-20-37/h22,24-30,39H,3,11-21H2,1-2,4-10H3,(H,38,41)/t24-,25+,26-,27-,28+,29-,30+,34-,35+,36+,37-/m0/s1. The first kappa shape index (κ1) is 32.0. The van der Waals surface area contributed by atoms with Gasteiger partial charge < -0.3 is 15.2 Å². The SMILES string of the molecule is C=C(C)[C@@H]1CC[C@]2(C(=O)N[C@@H](CC(C)C)C(=O)OC)CC[C@]3(C)[C@H](CC[C@@H]4[C@@]5(C)CC[C@H](O)C(C)(C)[C@@H]5CC[C@]43C)[C@@H]12. The summed E-state index contributed by atoms with van der Waals surface area (Å²) in [5, 5.41) is 14.3. The van der Waals surface area contributed by atoms with E-state index in [0.717, 1.165) is 44.9 Å². The molecule has 5 aliphatic carbocycles. The molecular formula is C37H61NO4. The molecule has 0 aromatic carbocycles. The Hall–Kier alpha value is -1.36. The van der Waals surface area contributed by atoms with Crippen molar-refractivity contribution in [1.29, 1.82) is 0 Å². The van der Waals surface area contributed by atoms with Crippen LogP contribution in [0.3, 0.4) is 0 Å². The predicted molar refractivity (Wildman–Crippen MR) is 168 cm³/mol. The molecule has 5 saturated carbocycles. The van der Waals surface area contributed by atoms with Gasteiger partial charge in [0.25, 0.3) is 0 Å². The summed E-state index contributed by atoms with van der Waals surface area (Å²) in [4.78, 5) is 27.2. The van der Waals surface area contributed by atoms with E-state index in [4.69, 9.17) is 4.74 Å². The number of esters is 1. The minimum absolute atomic E-state index is 0.0471. The Morgan fingerprint density at radius 2 is 1.60 bits per heavy atom. The second-order valence-corrected chi connectivity index (χ2v) is 17.4. The van der Waals surface area contributed by atoms with Crippen LogP contribution in [0.5, 0.6) is 0 Å². The number of ether oxygens (including phenoxy) is 1. The van der Waals surface area contributed by atoms with E-state index in [0.29, 0.717) is 30.1 Å². The number of amides is 1. The molecule has 5 fully saturated rings. The van der Waals surface area contributed by atoms with Crippen LogP contribution < -0.4 is 5.32 Å². The van der Waals surface area contributed by atoms with Gasteiger partial charge in [-0.05, 0) is 135 Å². The Kier molecular flexibility index (Phi) is 8.11. The number of carbonyl (C=O) groups is 2. The van der Waals surface area contributed by atoms with E-state index in [1.54, 1.807) is 0 Å². The van der Waals surface area contributed by atoms with Crippen molar-refractivity contribution in [2.45, 2.75) is 138 Å². The fourth-order valence-corrected chi connectivity index (χ4v) is 12.7. The normalized spacial score (nSPS) is 46.5. The van der Waals surface area contributed by atoms with Gasteiger partial charge in [-0.25, -0.2) is 4.79 Å². The van der Waals surface area contributed by atoms with E-state index >= 15 is 0 Å². The summed E-state index contributed by atoms with van der Waals surface area (Å²) < 4.78 is 5.13. The molecule has 0 aromatic heterocycles. The second-order valence-electron chi connectivity index (χ2n) is 17.4. The molecule has 5 heteroatoms. The average Bonchev–Trinajstić information content (AvgIpc) is 3.32. The van der Waals surface area contributed by atoms with Gasteiger partial charge in [0.1, 0.15) is 6.04 Å². The first-order valence-corrected chi connectivity index (χ1v) is 17.2. The van der Waals surface area contributed by atoms with Crippen LogP contribution in [0.4, 0.5) is 0 Å². The summed E-state index contributed by atoms with van der Waals surface area (Å²) in [7, 11) is 1.42. The highest BCUT2D eigenvalue weighted by atomic mass is 16.5. The van der Waals surface area contributed by atoms with Gasteiger partial charge in [0.05, 0.1) is 18.6 Å². The number of nitrogens with one attached hydrogen (secondary N) is 1. The number of fused-ring (bicyclic) bond motifs is 7. The molecule has 0 bridgehead atoms. The number of methoxy groups -OCH3 is 1. The summed E-state index contributed by atoms with van der Waals surface area (Å²) in [5.41, 5.74) is 1.32. The maximum atomic E-state index is 14.5. The maximum absolute atomic E-state index is 14.5. The van der Waals surface area contributed by atoms with E-state index in [-0.39, 0.29) is 51.5 Å². The molecule has 11 atom stereocenters. The molecule has 0 radical (unpaired) electrons. The first-order chi connectivity index (χ1) is 19.5. The molecule has 42 heavy (non-hydrogen) atoms. The van der Waals surface area contributed by atoms with Gasteiger partial charge in [-0.1, -0.05) is 60.6 Å². The quantitative estimate of drug-likeness (QED) is 0.248. The molecule has 0 aliphatic heterocycles. The largest absolute Gasteiger partial charge is 0.467 e. The van der Waals surface area contributed by atoms with Crippen molar-refractivity contribution in [3.63, 3.8) is 0 Å². The van der Waals surface area contributed by atoms with Crippen molar-refractivity contribution in [2.24, 2.45) is 62.6 Å². The topological polar surface area (TPSA) is 75.6 Å². The lowest BCUT2D eigenvalue weighted by Gasteiger charge is -2.72. The number of rotatable bonds is 6. The predicted octanol–water partition coefficient (Wildman–Crippen LogP) is 7.71. The molecular weight excluding hydrogens is 522 g/mol. The van der Waals surface area contributed by atoms with E-state index in [1.165, 1.54) is 31.9 Å². The molecule has 1 amide bonds. The second kappa shape index (κ2) is 10.6. The monoisotopic (exact) mass is 583 g/mol. The molecule has 5 aliphatic rings. The van der Waals surface area contributed by atoms with Gasteiger partial charge in [0, 0.05) is 0 Å². The zero-order valence-corrected chi connectivity index (χ0v) is 28.3. The van der Waals surface area contributed by atoms with E-state index in [2.05, 4.69) is 67.3 Å². The van der Waals surface area contributed by atoms with E-state index < -0.39 is 11.5 Å². The van der Waals surface area contributed by atoms with Crippen molar-refractivity contribution in [2.75, 3.05) is 7.11 Å². The zero-order valence-electron chi connectivity index (χ0n) is 28.3. The third-order valence-corrected chi connectivity index (χ3v) is 15.0. The fourth-order valence-electron chi connectivity index (χ4n) is 12.7. The molecule has 0 unspecified atom stereocenters. The Balaban J connectivity index is 1.51. The number of carbonyl (C=O) groups excluding carboxylic acids is 2. The molecule has 0 spiro atoms. The molecule has 0 heterocycles. The zero-order chi connectivity index (χ0) is 31.0. The van der Waals surface area contributed by atoms with Crippen molar-refractivity contribution in [3.8, 4) is 0 Å². The van der Waals surface area contributed by atoms with Crippen LogP contribution in [0.1, 0.15) is 126 Å². The minimum atomic E-state index is -0.594. The Morgan fingerprint density at radius 3 is 2.21 bits per heavy atom. The van der Waals surface area contributed by atoms with Gasteiger partial charge in [-0.3, -0.25) is 4.79 Å². The molecule has 2 N–H and O–H groups in total. The highest BCUT2D eigenvalue weighted by molar-refractivity contribution is 5.88. The molecule has 0 aromatic rings. The van der Waals surface area contributed by atoms with Gasteiger partial charge in [-0.2, -0.15) is 0 Å². The van der Waals surface area contributed by atoms with Crippen LogP contribution >= 0.6 is 0 Å². The van der Waals surface area contributed by atoms with E-state index in [1.807, 2.05) is 0 Å². The summed E-state index contributed by atoms with van der Waals surface area (Å²) >= 11 is 0. The van der Waals surface area contributed by atoms with Crippen molar-refractivity contribution in [1.82, 2.24) is 5.32 Å². The number of allylic oxidation sites excluding steroid dienone is 1. The Labute approximate surface area is 256 Å². The summed E-state index contributed by atoms with van der Waals surface area (Å²) in [6.07, 6.45) is 11.0. The van der Waals surface area contributed by atoms with Crippen molar-refractivity contribution < 1.29 is 19.4 Å². The maximum Gasteiger partial charge on any atom is 0.328 e. The Morgan fingerprint density at radius 1 is 0.905 bits per heavy atom. The van der Waals surface area contributed by atoms with Crippen LogP contribution in [-0.2, 0) is 14.3 Å². The highest BCUT2D eigenvalue weighted by Gasteiger charge is 2.72. The highest BCUT2D eigenvalue weighted by Crippen LogP contribution is 2.77. The van der Waals surface area contributed by atoms with Crippen LogP contribution in [-0.4, -0.2) is 36.2 Å². The van der Waals surface area contributed by atoms with Gasteiger partial charge in [0.15, 0.2) is 0 Å². The van der Waals surface area contributed by atoms with Crippen molar-refractivity contribution in [3.05, 3.63) is 12.2 Å². The molecule has 238 valence electrons. The summed E-state index contributed by atoms with van der Waals surface area (Å²) in [5.74, 6) is 2.29. The van der Waals surface area contributed by atoms with Gasteiger partial charge in [-0.15, -0.1) is 0 Å². The molecule has 0 saturated heterocycles. The lowest BCUT2D eigenvalue weighted by molar-refractivity contribution is -0.246. The van der Waals surface area contributed by atoms with Gasteiger partial charge in [0.2, 0.25) is 5.91 Å². The van der Waals surface area contributed by atoms with Crippen LogP contribution in [0.15, 0.2) is 12.2 Å². The lowest BCUT2D eigenvalue weighted by atomic mass is 9.32. The summed E-state index contributed by atoms with van der Waals surface area (Å²) in [6, 6.07) is -0.594. The third-order valence-electron chi connectivity index (χ3n) is 15.0. The molecule has 5 nitrogen and oxygen atoms in total. The average molecular weight is 584 g/mol. The van der Waals surface area contributed by atoms with Crippen LogP contribution in [0, 0.1) is 62.6 Å².